The van der Waals surface area contributed by atoms with E-state index in [0.717, 1.165) is 48.1 Å². The summed E-state index contributed by atoms with van der Waals surface area (Å²) in [5.74, 6) is 1.22. The van der Waals surface area contributed by atoms with Crippen LogP contribution in [0.1, 0.15) is 25.1 Å². The molecule has 1 saturated carbocycles. The van der Waals surface area contributed by atoms with Gasteiger partial charge in [-0.2, -0.15) is 4.68 Å². The lowest BCUT2D eigenvalue weighted by molar-refractivity contribution is 0.177. The molecule has 1 aliphatic carbocycles. The van der Waals surface area contributed by atoms with Gasteiger partial charge >= 0.3 is 0 Å². The van der Waals surface area contributed by atoms with Crippen molar-refractivity contribution in [2.24, 2.45) is 5.92 Å². The fraction of sp³-hybridized carbons (Fsp3) is 0.316. The van der Waals surface area contributed by atoms with E-state index in [9.17, 15) is 5.11 Å². The van der Waals surface area contributed by atoms with Crippen molar-refractivity contribution in [3.8, 4) is 5.69 Å². The molecule has 0 amide bonds. The Morgan fingerprint density at radius 2 is 2.08 bits per heavy atom. The highest BCUT2D eigenvalue weighted by atomic mass is 16.3. The first kappa shape index (κ1) is 15.3. The molecular formula is C19H18N6O. The fourth-order valence-electron chi connectivity index (χ4n) is 3.72. The zero-order valence-corrected chi connectivity index (χ0v) is 14.2. The normalized spacial score (nSPS) is 20.2. The van der Waals surface area contributed by atoms with Crippen molar-refractivity contribution in [2.45, 2.75) is 31.8 Å². The zero-order chi connectivity index (χ0) is 17.5. The number of pyridine rings is 1. The van der Waals surface area contributed by atoms with Gasteiger partial charge in [0.2, 0.25) is 0 Å². The van der Waals surface area contributed by atoms with Gasteiger partial charge in [0.25, 0.3) is 0 Å². The maximum atomic E-state index is 9.73. The van der Waals surface area contributed by atoms with Crippen molar-refractivity contribution in [3.05, 3.63) is 48.5 Å². The summed E-state index contributed by atoms with van der Waals surface area (Å²) in [6.07, 6.45) is 6.84. The van der Waals surface area contributed by atoms with E-state index in [-0.39, 0.29) is 6.10 Å². The van der Waals surface area contributed by atoms with Gasteiger partial charge in [0.15, 0.2) is 11.2 Å². The van der Waals surface area contributed by atoms with Gasteiger partial charge in [-0.1, -0.05) is 11.3 Å². The molecule has 0 saturated heterocycles. The lowest BCUT2D eigenvalue weighted by Crippen LogP contribution is -2.07. The topological polar surface area (TPSA) is 89.6 Å². The summed E-state index contributed by atoms with van der Waals surface area (Å²) in [6.45, 7) is 0. The van der Waals surface area contributed by atoms with E-state index in [0.29, 0.717) is 17.1 Å². The Morgan fingerprint density at radius 1 is 1.12 bits per heavy atom. The van der Waals surface area contributed by atoms with Crippen molar-refractivity contribution in [1.29, 1.82) is 0 Å². The average Bonchev–Trinajstić information content (AvgIpc) is 3.27. The number of aliphatic hydroxyl groups is 1. The Morgan fingerprint density at radius 3 is 2.96 bits per heavy atom. The Labute approximate surface area is 149 Å². The summed E-state index contributed by atoms with van der Waals surface area (Å²) in [6, 6.07) is 9.92. The highest BCUT2D eigenvalue weighted by Crippen LogP contribution is 2.28. The highest BCUT2D eigenvalue weighted by molar-refractivity contribution is 5.81. The first-order valence-corrected chi connectivity index (χ1v) is 8.87. The van der Waals surface area contributed by atoms with Crippen molar-refractivity contribution in [1.82, 2.24) is 29.9 Å². The minimum Gasteiger partial charge on any atom is -0.393 e. The van der Waals surface area contributed by atoms with Crippen LogP contribution in [0.4, 0.5) is 0 Å². The minimum absolute atomic E-state index is 0.179. The average molecular weight is 346 g/mol. The SMILES string of the molecule is O[C@@H]1CC[C@@H](Cc2ncc3nnn(-c4ccc5ncccc5c4)c3n2)C1. The smallest absolute Gasteiger partial charge is 0.187 e. The number of hydrogen-bond acceptors (Lipinski definition) is 6. The van der Waals surface area contributed by atoms with Gasteiger partial charge in [-0.3, -0.25) is 4.98 Å². The molecule has 0 unspecified atom stereocenters. The molecule has 130 valence electrons. The van der Waals surface area contributed by atoms with Crippen molar-refractivity contribution < 1.29 is 5.11 Å². The largest absolute Gasteiger partial charge is 0.393 e. The summed E-state index contributed by atoms with van der Waals surface area (Å²) >= 11 is 0. The van der Waals surface area contributed by atoms with E-state index in [4.69, 9.17) is 4.98 Å². The Bertz CT molecular complexity index is 1090. The number of aromatic nitrogens is 6. The molecule has 3 aromatic heterocycles. The third kappa shape index (κ3) is 2.70. The molecule has 1 aliphatic rings. The van der Waals surface area contributed by atoms with Crippen LogP contribution in [0.2, 0.25) is 0 Å². The summed E-state index contributed by atoms with van der Waals surface area (Å²) in [4.78, 5) is 13.5. The first-order valence-electron chi connectivity index (χ1n) is 8.87. The standard InChI is InChI=1S/C19H18N6O/c26-15-5-3-12(8-15)9-18-21-11-17-19(22-18)25(24-23-17)14-4-6-16-13(10-14)2-1-7-20-16/h1-2,4,6-7,10-12,15,26H,3,5,8-9H2/t12-,15-/m1/s1. The van der Waals surface area contributed by atoms with Gasteiger partial charge in [-0.05, 0) is 49.4 Å². The number of nitrogens with zero attached hydrogens (tertiary/aromatic N) is 6. The lowest BCUT2D eigenvalue weighted by Gasteiger charge is -2.08. The van der Waals surface area contributed by atoms with Crippen LogP contribution in [0.5, 0.6) is 0 Å². The van der Waals surface area contributed by atoms with Crippen LogP contribution in [-0.2, 0) is 6.42 Å². The second-order valence-corrected chi connectivity index (χ2v) is 6.91. The monoisotopic (exact) mass is 346 g/mol. The van der Waals surface area contributed by atoms with E-state index in [1.54, 1.807) is 17.1 Å². The molecule has 0 radical (unpaired) electrons. The predicted molar refractivity (Wildman–Crippen MR) is 96.8 cm³/mol. The summed E-state index contributed by atoms with van der Waals surface area (Å²) in [7, 11) is 0. The third-order valence-corrected chi connectivity index (χ3v) is 5.06. The van der Waals surface area contributed by atoms with E-state index < -0.39 is 0 Å². The van der Waals surface area contributed by atoms with E-state index >= 15 is 0 Å². The molecule has 3 heterocycles. The number of hydrogen-bond donors (Lipinski definition) is 1. The van der Waals surface area contributed by atoms with Crippen LogP contribution in [0.15, 0.2) is 42.7 Å². The van der Waals surface area contributed by atoms with E-state index in [1.165, 1.54) is 0 Å². The van der Waals surface area contributed by atoms with Crippen molar-refractivity contribution in [3.63, 3.8) is 0 Å². The van der Waals surface area contributed by atoms with Gasteiger partial charge in [-0.25, -0.2) is 9.97 Å². The molecule has 1 N–H and O–H groups in total. The highest BCUT2D eigenvalue weighted by Gasteiger charge is 2.24. The molecule has 5 rings (SSSR count). The van der Waals surface area contributed by atoms with Gasteiger partial charge in [0.05, 0.1) is 23.5 Å². The van der Waals surface area contributed by atoms with E-state index in [2.05, 4.69) is 20.3 Å². The van der Waals surface area contributed by atoms with Gasteiger partial charge in [-0.15, -0.1) is 5.10 Å². The van der Waals surface area contributed by atoms with Crippen molar-refractivity contribution in [2.75, 3.05) is 0 Å². The second-order valence-electron chi connectivity index (χ2n) is 6.91. The van der Waals surface area contributed by atoms with Gasteiger partial charge < -0.3 is 5.11 Å². The van der Waals surface area contributed by atoms with Crippen LogP contribution >= 0.6 is 0 Å². The first-order chi connectivity index (χ1) is 12.8. The van der Waals surface area contributed by atoms with Crippen molar-refractivity contribution >= 4 is 22.1 Å². The summed E-state index contributed by atoms with van der Waals surface area (Å²) in [5, 5.41) is 19.2. The van der Waals surface area contributed by atoms with Crippen LogP contribution in [0.3, 0.4) is 0 Å². The van der Waals surface area contributed by atoms with Crippen LogP contribution in [-0.4, -0.2) is 41.2 Å². The molecule has 0 spiro atoms. The second kappa shape index (κ2) is 6.10. The van der Waals surface area contributed by atoms with E-state index in [1.807, 2.05) is 30.3 Å². The molecule has 4 aromatic rings. The Balaban J connectivity index is 1.53. The number of aliphatic hydroxyl groups excluding tert-OH is 1. The molecule has 0 aliphatic heterocycles. The Hall–Kier alpha value is -2.93. The molecule has 1 aromatic carbocycles. The quantitative estimate of drug-likeness (QED) is 0.613. The predicted octanol–water partition coefficient (Wildman–Crippen LogP) is 2.46. The molecule has 1 fully saturated rings. The molecule has 7 heteroatoms. The molecule has 0 bridgehead atoms. The van der Waals surface area contributed by atoms with Gasteiger partial charge in [0.1, 0.15) is 5.82 Å². The summed E-state index contributed by atoms with van der Waals surface area (Å²) < 4.78 is 1.75. The minimum atomic E-state index is -0.179. The number of fused-ring (bicyclic) bond motifs is 2. The summed E-state index contributed by atoms with van der Waals surface area (Å²) in [5.41, 5.74) is 3.22. The molecule has 26 heavy (non-hydrogen) atoms. The zero-order valence-electron chi connectivity index (χ0n) is 14.2. The number of rotatable bonds is 3. The number of benzene rings is 1. The maximum Gasteiger partial charge on any atom is 0.187 e. The maximum absolute atomic E-state index is 9.73. The van der Waals surface area contributed by atoms with Crippen LogP contribution in [0.25, 0.3) is 27.8 Å². The third-order valence-electron chi connectivity index (χ3n) is 5.06. The molecular weight excluding hydrogens is 328 g/mol. The lowest BCUT2D eigenvalue weighted by atomic mass is 10.0. The fourth-order valence-corrected chi connectivity index (χ4v) is 3.72. The molecule has 2 atom stereocenters. The molecule has 7 nitrogen and oxygen atoms in total. The van der Waals surface area contributed by atoms with Crippen LogP contribution < -0.4 is 0 Å². The Kier molecular flexibility index (Phi) is 3.60. The van der Waals surface area contributed by atoms with Crippen LogP contribution in [0, 0.1) is 5.92 Å². The van der Waals surface area contributed by atoms with Gasteiger partial charge in [0, 0.05) is 18.0 Å².